The van der Waals surface area contributed by atoms with Crippen molar-refractivity contribution in [1.82, 2.24) is 10.2 Å². The van der Waals surface area contributed by atoms with E-state index in [2.05, 4.69) is 19.2 Å². The summed E-state index contributed by atoms with van der Waals surface area (Å²) in [6, 6.07) is 7.82. The molecule has 0 aromatic heterocycles. The molecule has 1 fully saturated rings. The molecule has 150 valence electrons. The van der Waals surface area contributed by atoms with Crippen molar-refractivity contribution in [3.05, 3.63) is 29.8 Å². The molecule has 0 saturated carbocycles. The molecule has 1 saturated heterocycles. The molecule has 1 heterocycles. The second kappa shape index (κ2) is 11.2. The van der Waals surface area contributed by atoms with E-state index in [4.69, 9.17) is 4.74 Å². The number of nitrogens with one attached hydrogen (secondary N) is 1. The highest BCUT2D eigenvalue weighted by Gasteiger charge is 2.24. The molecule has 1 aliphatic rings. The lowest BCUT2D eigenvalue weighted by Crippen LogP contribution is -2.47. The second-order valence-corrected chi connectivity index (χ2v) is 8.55. The van der Waals surface area contributed by atoms with Crippen LogP contribution in [0.5, 0.6) is 5.75 Å². The zero-order valence-corrected chi connectivity index (χ0v) is 17.5. The Morgan fingerprint density at radius 2 is 1.96 bits per heavy atom. The first-order valence-corrected chi connectivity index (χ1v) is 10.9. The Bertz CT molecular complexity index is 613. The van der Waals surface area contributed by atoms with Gasteiger partial charge in [-0.25, -0.2) is 0 Å². The van der Waals surface area contributed by atoms with Crippen molar-refractivity contribution in [2.75, 3.05) is 31.7 Å². The van der Waals surface area contributed by atoms with Crippen LogP contribution in [0.3, 0.4) is 0 Å². The Hall–Kier alpha value is -1.69. The van der Waals surface area contributed by atoms with Gasteiger partial charge in [0.25, 0.3) is 0 Å². The van der Waals surface area contributed by atoms with Crippen LogP contribution in [0, 0.1) is 5.92 Å². The first-order chi connectivity index (χ1) is 13.0. The van der Waals surface area contributed by atoms with Gasteiger partial charge in [0, 0.05) is 24.7 Å². The maximum Gasteiger partial charge on any atom is 0.230 e. The van der Waals surface area contributed by atoms with E-state index in [0.29, 0.717) is 31.2 Å². The van der Waals surface area contributed by atoms with Gasteiger partial charge >= 0.3 is 0 Å². The van der Waals surface area contributed by atoms with Gasteiger partial charge in [0.15, 0.2) is 0 Å². The summed E-state index contributed by atoms with van der Waals surface area (Å²) in [5, 5.41) is 3.12. The van der Waals surface area contributed by atoms with E-state index in [1.54, 1.807) is 18.9 Å². The number of methoxy groups -OCH3 is 1. The molecule has 1 aromatic rings. The molecule has 0 aliphatic carbocycles. The van der Waals surface area contributed by atoms with Crippen LogP contribution in [-0.2, 0) is 16.0 Å². The van der Waals surface area contributed by atoms with E-state index in [0.717, 1.165) is 36.3 Å². The fraction of sp³-hybridized carbons (Fsp3) is 0.619. The van der Waals surface area contributed by atoms with E-state index in [-0.39, 0.29) is 17.9 Å². The van der Waals surface area contributed by atoms with Crippen LogP contribution in [0.15, 0.2) is 24.3 Å². The van der Waals surface area contributed by atoms with E-state index in [1.807, 2.05) is 29.2 Å². The smallest absolute Gasteiger partial charge is 0.230 e. The Labute approximate surface area is 167 Å². The molecular weight excluding hydrogens is 360 g/mol. The zero-order chi connectivity index (χ0) is 19.6. The van der Waals surface area contributed by atoms with Crippen LogP contribution >= 0.6 is 11.8 Å². The lowest BCUT2D eigenvalue weighted by Gasteiger charge is -2.32. The fourth-order valence-electron chi connectivity index (χ4n) is 3.15. The molecule has 0 atom stereocenters. The van der Waals surface area contributed by atoms with Crippen LogP contribution in [0.1, 0.15) is 38.7 Å². The molecule has 1 aliphatic heterocycles. The number of piperidine rings is 1. The summed E-state index contributed by atoms with van der Waals surface area (Å²) in [4.78, 5) is 26.5. The van der Waals surface area contributed by atoms with Crippen molar-refractivity contribution in [2.24, 2.45) is 5.92 Å². The minimum Gasteiger partial charge on any atom is -0.496 e. The third-order valence-electron chi connectivity index (χ3n) is 4.82. The SMILES string of the molecule is COc1ccccc1CC(=O)N1CCC(NC(=O)CSCCC(C)C)CC1. The normalized spacial score (nSPS) is 15.0. The molecule has 0 unspecified atom stereocenters. The summed E-state index contributed by atoms with van der Waals surface area (Å²) in [5.74, 6) is 3.22. The third kappa shape index (κ3) is 7.45. The first kappa shape index (κ1) is 21.6. The number of thioether (sulfide) groups is 1. The first-order valence-electron chi connectivity index (χ1n) is 9.76. The van der Waals surface area contributed by atoms with Crippen molar-refractivity contribution in [1.29, 1.82) is 0 Å². The van der Waals surface area contributed by atoms with Gasteiger partial charge in [0.1, 0.15) is 5.75 Å². The summed E-state index contributed by atoms with van der Waals surface area (Å²) in [6.07, 6.45) is 3.14. The number of ether oxygens (including phenoxy) is 1. The van der Waals surface area contributed by atoms with Crippen molar-refractivity contribution in [3.63, 3.8) is 0 Å². The highest BCUT2D eigenvalue weighted by Crippen LogP contribution is 2.20. The van der Waals surface area contributed by atoms with Crippen molar-refractivity contribution >= 4 is 23.6 Å². The molecule has 2 amide bonds. The zero-order valence-electron chi connectivity index (χ0n) is 16.7. The number of hydrogen-bond acceptors (Lipinski definition) is 4. The number of nitrogens with zero attached hydrogens (tertiary/aromatic N) is 1. The van der Waals surface area contributed by atoms with Gasteiger partial charge in [0.05, 0.1) is 19.3 Å². The van der Waals surface area contributed by atoms with E-state index in [1.165, 1.54) is 0 Å². The van der Waals surface area contributed by atoms with Crippen molar-refractivity contribution < 1.29 is 14.3 Å². The average Bonchev–Trinajstić information content (AvgIpc) is 2.66. The molecule has 0 radical (unpaired) electrons. The number of benzene rings is 1. The Morgan fingerprint density at radius 3 is 2.63 bits per heavy atom. The minimum atomic E-state index is 0.113. The van der Waals surface area contributed by atoms with Gasteiger partial charge in [-0.05, 0) is 37.0 Å². The Balaban J connectivity index is 1.70. The largest absolute Gasteiger partial charge is 0.496 e. The number of likely N-dealkylation sites (tertiary alicyclic amines) is 1. The summed E-state index contributed by atoms with van der Waals surface area (Å²) in [5.41, 5.74) is 0.916. The number of rotatable bonds is 9. The monoisotopic (exact) mass is 392 g/mol. The summed E-state index contributed by atoms with van der Waals surface area (Å²) in [6.45, 7) is 5.78. The molecular formula is C21H32N2O3S. The number of hydrogen-bond donors (Lipinski definition) is 1. The standard InChI is InChI=1S/C21H32N2O3S/c1-16(2)10-13-27-15-20(24)22-18-8-11-23(12-9-18)21(25)14-17-6-4-5-7-19(17)26-3/h4-7,16,18H,8-15H2,1-3H3,(H,22,24). The molecule has 5 nitrogen and oxygen atoms in total. The van der Waals surface area contributed by atoms with Gasteiger partial charge in [-0.1, -0.05) is 32.0 Å². The summed E-state index contributed by atoms with van der Waals surface area (Å²) < 4.78 is 5.33. The van der Waals surface area contributed by atoms with Crippen molar-refractivity contribution in [3.8, 4) is 5.75 Å². The van der Waals surface area contributed by atoms with E-state index < -0.39 is 0 Å². The number of carbonyl (C=O) groups excluding carboxylic acids is 2. The third-order valence-corrected chi connectivity index (χ3v) is 5.81. The molecule has 1 aromatic carbocycles. The van der Waals surface area contributed by atoms with Gasteiger partial charge in [-0.2, -0.15) is 11.8 Å². The van der Waals surface area contributed by atoms with Crippen LogP contribution in [0.25, 0.3) is 0 Å². The maximum atomic E-state index is 12.6. The molecule has 1 N–H and O–H groups in total. The molecule has 27 heavy (non-hydrogen) atoms. The van der Waals surface area contributed by atoms with Gasteiger partial charge in [-0.15, -0.1) is 0 Å². The second-order valence-electron chi connectivity index (χ2n) is 7.45. The summed E-state index contributed by atoms with van der Waals surface area (Å²) >= 11 is 1.70. The summed E-state index contributed by atoms with van der Waals surface area (Å²) in [7, 11) is 1.62. The topological polar surface area (TPSA) is 58.6 Å². The van der Waals surface area contributed by atoms with Crippen LogP contribution in [0.4, 0.5) is 0 Å². The average molecular weight is 393 g/mol. The quantitative estimate of drug-likeness (QED) is 0.656. The van der Waals surface area contributed by atoms with Gasteiger partial charge < -0.3 is 15.0 Å². The Morgan fingerprint density at radius 1 is 1.26 bits per heavy atom. The maximum absolute atomic E-state index is 12.6. The predicted octanol–water partition coefficient (Wildman–Crippen LogP) is 3.12. The molecule has 0 spiro atoms. The molecule has 2 rings (SSSR count). The van der Waals surface area contributed by atoms with Crippen molar-refractivity contribution in [2.45, 2.75) is 45.6 Å². The van der Waals surface area contributed by atoms with E-state index >= 15 is 0 Å². The van der Waals surface area contributed by atoms with Crippen LogP contribution in [-0.4, -0.2) is 54.5 Å². The number of carbonyl (C=O) groups is 2. The molecule has 6 heteroatoms. The fourth-order valence-corrected chi connectivity index (χ4v) is 4.20. The van der Waals surface area contributed by atoms with Gasteiger partial charge in [-0.3, -0.25) is 9.59 Å². The highest BCUT2D eigenvalue weighted by molar-refractivity contribution is 7.99. The van der Waals surface area contributed by atoms with Crippen LogP contribution in [0.2, 0.25) is 0 Å². The lowest BCUT2D eigenvalue weighted by atomic mass is 10.0. The van der Waals surface area contributed by atoms with E-state index in [9.17, 15) is 9.59 Å². The number of amides is 2. The van der Waals surface area contributed by atoms with Crippen LogP contribution < -0.4 is 10.1 Å². The van der Waals surface area contributed by atoms with Gasteiger partial charge in [0.2, 0.25) is 11.8 Å². The predicted molar refractivity (Wildman–Crippen MR) is 111 cm³/mol. The highest BCUT2D eigenvalue weighted by atomic mass is 32.2. The minimum absolute atomic E-state index is 0.113. The lowest BCUT2D eigenvalue weighted by molar-refractivity contribution is -0.131. The Kier molecular flexibility index (Phi) is 8.98. The molecule has 0 bridgehead atoms. The number of para-hydroxylation sites is 1.